The summed E-state index contributed by atoms with van der Waals surface area (Å²) in [5.74, 6) is 0.0777. The van der Waals surface area contributed by atoms with Crippen molar-refractivity contribution in [2.24, 2.45) is 5.73 Å². The lowest BCUT2D eigenvalue weighted by Crippen LogP contribution is -2.51. The van der Waals surface area contributed by atoms with Gasteiger partial charge in [0.05, 0.1) is 5.92 Å². The van der Waals surface area contributed by atoms with Crippen LogP contribution in [0.1, 0.15) is 44.1 Å². The first-order valence-electron chi connectivity index (χ1n) is 7.18. The molecule has 1 aromatic carbocycles. The highest BCUT2D eigenvalue weighted by Gasteiger charge is 2.30. The molecular weight excluding hydrogens is 236 g/mol. The van der Waals surface area contributed by atoms with Crippen molar-refractivity contribution < 1.29 is 4.79 Å². The minimum atomic E-state index is -0.0969. The molecule has 0 bridgehead atoms. The zero-order chi connectivity index (χ0) is 13.8. The molecule has 0 spiro atoms. The van der Waals surface area contributed by atoms with Gasteiger partial charge in [-0.2, -0.15) is 0 Å². The first kappa shape index (κ1) is 14.1. The molecular formula is C16H24N2O. The van der Waals surface area contributed by atoms with E-state index in [1.165, 1.54) is 12.8 Å². The average molecular weight is 260 g/mol. The van der Waals surface area contributed by atoms with Crippen LogP contribution in [-0.2, 0) is 4.79 Å². The van der Waals surface area contributed by atoms with E-state index < -0.39 is 0 Å². The molecule has 1 fully saturated rings. The van der Waals surface area contributed by atoms with Gasteiger partial charge in [-0.1, -0.05) is 43.2 Å². The highest BCUT2D eigenvalue weighted by Crippen LogP contribution is 2.24. The van der Waals surface area contributed by atoms with E-state index in [0.29, 0.717) is 0 Å². The van der Waals surface area contributed by atoms with Crippen LogP contribution in [0.5, 0.6) is 0 Å². The Labute approximate surface area is 115 Å². The SMILES string of the molecule is CC(C(=O)N(C)C1CCCCC1N)c1ccccc1. The third-order valence-electron chi connectivity index (χ3n) is 4.30. The summed E-state index contributed by atoms with van der Waals surface area (Å²) in [6.07, 6.45) is 4.43. The molecule has 2 N–H and O–H groups in total. The molecule has 3 unspecified atom stereocenters. The first-order valence-corrected chi connectivity index (χ1v) is 7.18. The van der Waals surface area contributed by atoms with Gasteiger partial charge in [-0.15, -0.1) is 0 Å². The Morgan fingerprint density at radius 2 is 1.89 bits per heavy atom. The van der Waals surface area contributed by atoms with Gasteiger partial charge in [0.15, 0.2) is 0 Å². The number of nitrogens with two attached hydrogens (primary N) is 1. The lowest BCUT2D eigenvalue weighted by atomic mass is 9.89. The number of rotatable bonds is 3. The van der Waals surface area contributed by atoms with Gasteiger partial charge < -0.3 is 10.6 Å². The van der Waals surface area contributed by atoms with Crippen LogP contribution < -0.4 is 5.73 Å². The number of carbonyl (C=O) groups is 1. The van der Waals surface area contributed by atoms with Crippen molar-refractivity contribution in [3.05, 3.63) is 35.9 Å². The summed E-state index contributed by atoms with van der Waals surface area (Å²) in [5.41, 5.74) is 7.24. The minimum Gasteiger partial charge on any atom is -0.341 e. The summed E-state index contributed by atoms with van der Waals surface area (Å²) < 4.78 is 0. The monoisotopic (exact) mass is 260 g/mol. The molecule has 3 heteroatoms. The molecule has 3 nitrogen and oxygen atoms in total. The Hall–Kier alpha value is -1.35. The van der Waals surface area contributed by atoms with Crippen molar-refractivity contribution in [3.8, 4) is 0 Å². The summed E-state index contributed by atoms with van der Waals surface area (Å²) >= 11 is 0. The Bertz CT molecular complexity index is 418. The van der Waals surface area contributed by atoms with Crippen LogP contribution in [-0.4, -0.2) is 29.9 Å². The van der Waals surface area contributed by atoms with Gasteiger partial charge in [-0.3, -0.25) is 4.79 Å². The summed E-state index contributed by atoms with van der Waals surface area (Å²) in [6.45, 7) is 1.97. The van der Waals surface area contributed by atoms with Gasteiger partial charge in [0.1, 0.15) is 0 Å². The van der Waals surface area contributed by atoms with Gasteiger partial charge in [-0.25, -0.2) is 0 Å². The number of carbonyl (C=O) groups excluding carboxylic acids is 1. The summed E-state index contributed by atoms with van der Waals surface area (Å²) in [6, 6.07) is 10.3. The van der Waals surface area contributed by atoms with E-state index >= 15 is 0 Å². The predicted molar refractivity (Wildman–Crippen MR) is 77.9 cm³/mol. The fourth-order valence-electron chi connectivity index (χ4n) is 2.97. The summed E-state index contributed by atoms with van der Waals surface area (Å²) in [7, 11) is 1.90. The second-order valence-corrected chi connectivity index (χ2v) is 5.60. The second-order valence-electron chi connectivity index (χ2n) is 5.60. The van der Waals surface area contributed by atoms with E-state index in [1.807, 2.05) is 49.2 Å². The molecule has 1 amide bonds. The normalized spacial score (nSPS) is 24.8. The van der Waals surface area contributed by atoms with Gasteiger partial charge in [0.25, 0.3) is 0 Å². The van der Waals surface area contributed by atoms with Gasteiger partial charge in [-0.05, 0) is 25.3 Å². The highest BCUT2D eigenvalue weighted by atomic mass is 16.2. The van der Waals surface area contributed by atoms with Crippen LogP contribution >= 0.6 is 0 Å². The molecule has 1 aromatic rings. The molecule has 104 valence electrons. The molecule has 19 heavy (non-hydrogen) atoms. The average Bonchev–Trinajstić information content (AvgIpc) is 2.46. The molecule has 3 atom stereocenters. The van der Waals surface area contributed by atoms with Crippen molar-refractivity contribution >= 4 is 5.91 Å². The van der Waals surface area contributed by atoms with E-state index in [9.17, 15) is 4.79 Å². The van der Waals surface area contributed by atoms with Crippen molar-refractivity contribution in [1.29, 1.82) is 0 Å². The van der Waals surface area contributed by atoms with Gasteiger partial charge in [0, 0.05) is 19.1 Å². The van der Waals surface area contributed by atoms with Crippen LogP contribution in [0.4, 0.5) is 0 Å². The molecule has 0 radical (unpaired) electrons. The Morgan fingerprint density at radius 1 is 1.26 bits per heavy atom. The molecule has 1 aliphatic carbocycles. The zero-order valence-electron chi connectivity index (χ0n) is 11.9. The Balaban J connectivity index is 2.06. The van der Waals surface area contributed by atoms with Crippen molar-refractivity contribution in [1.82, 2.24) is 4.90 Å². The number of likely N-dealkylation sites (N-methyl/N-ethyl adjacent to an activating group) is 1. The first-order chi connectivity index (χ1) is 9.11. The van der Waals surface area contributed by atoms with Crippen LogP contribution in [0.15, 0.2) is 30.3 Å². The topological polar surface area (TPSA) is 46.3 Å². The van der Waals surface area contributed by atoms with Crippen LogP contribution in [0.3, 0.4) is 0 Å². The largest absolute Gasteiger partial charge is 0.341 e. The molecule has 0 aromatic heterocycles. The lowest BCUT2D eigenvalue weighted by Gasteiger charge is -2.37. The zero-order valence-corrected chi connectivity index (χ0v) is 11.9. The minimum absolute atomic E-state index is 0.0969. The standard InChI is InChI=1S/C16H24N2O/c1-12(13-8-4-3-5-9-13)16(19)18(2)15-11-7-6-10-14(15)17/h3-5,8-9,12,14-15H,6-7,10-11,17H2,1-2H3. The molecule has 1 aliphatic rings. The van der Waals surface area contributed by atoms with Crippen LogP contribution in [0.2, 0.25) is 0 Å². The lowest BCUT2D eigenvalue weighted by molar-refractivity contribution is -0.134. The Morgan fingerprint density at radius 3 is 2.53 bits per heavy atom. The van der Waals surface area contributed by atoms with Gasteiger partial charge >= 0.3 is 0 Å². The van der Waals surface area contributed by atoms with Crippen molar-refractivity contribution in [2.45, 2.75) is 50.6 Å². The summed E-state index contributed by atoms with van der Waals surface area (Å²) in [4.78, 5) is 14.4. The van der Waals surface area contributed by atoms with Crippen molar-refractivity contribution in [2.75, 3.05) is 7.05 Å². The fraction of sp³-hybridized carbons (Fsp3) is 0.562. The molecule has 0 aliphatic heterocycles. The molecule has 0 heterocycles. The van der Waals surface area contributed by atoms with E-state index in [0.717, 1.165) is 18.4 Å². The third kappa shape index (κ3) is 3.16. The van der Waals surface area contributed by atoms with Gasteiger partial charge in [0.2, 0.25) is 5.91 Å². The smallest absolute Gasteiger partial charge is 0.229 e. The fourth-order valence-corrected chi connectivity index (χ4v) is 2.97. The Kier molecular flexibility index (Phi) is 4.59. The quantitative estimate of drug-likeness (QED) is 0.907. The third-order valence-corrected chi connectivity index (χ3v) is 4.30. The number of hydrogen-bond acceptors (Lipinski definition) is 2. The summed E-state index contributed by atoms with van der Waals surface area (Å²) in [5, 5.41) is 0. The maximum absolute atomic E-state index is 12.6. The van der Waals surface area contributed by atoms with Crippen LogP contribution in [0, 0.1) is 0 Å². The maximum Gasteiger partial charge on any atom is 0.229 e. The molecule has 2 rings (SSSR count). The predicted octanol–water partition coefficient (Wildman–Crippen LogP) is 2.52. The number of amides is 1. The van der Waals surface area contributed by atoms with Crippen LogP contribution in [0.25, 0.3) is 0 Å². The molecule has 1 saturated carbocycles. The number of nitrogens with zero attached hydrogens (tertiary/aromatic N) is 1. The van der Waals surface area contributed by atoms with E-state index in [4.69, 9.17) is 5.73 Å². The van der Waals surface area contributed by atoms with E-state index in [1.54, 1.807) is 0 Å². The highest BCUT2D eigenvalue weighted by molar-refractivity contribution is 5.83. The molecule has 0 saturated heterocycles. The van der Waals surface area contributed by atoms with E-state index in [-0.39, 0.29) is 23.9 Å². The van der Waals surface area contributed by atoms with E-state index in [2.05, 4.69) is 0 Å². The van der Waals surface area contributed by atoms with Crippen molar-refractivity contribution in [3.63, 3.8) is 0 Å². The number of benzene rings is 1. The second kappa shape index (κ2) is 6.20. The number of hydrogen-bond donors (Lipinski definition) is 1. The maximum atomic E-state index is 12.6.